The van der Waals surface area contributed by atoms with Crippen LogP contribution in [-0.4, -0.2) is 50.1 Å². The first-order valence-electron chi connectivity index (χ1n) is 5.96. The van der Waals surface area contributed by atoms with E-state index >= 15 is 0 Å². The largest absolute Gasteiger partial charge is 0.306 e. The zero-order valence-electron chi connectivity index (χ0n) is 10.1. The van der Waals surface area contributed by atoms with Crippen LogP contribution in [0.15, 0.2) is 0 Å². The molecule has 0 saturated carbocycles. The van der Waals surface area contributed by atoms with Crippen molar-refractivity contribution in [1.82, 2.24) is 9.80 Å². The molecule has 3 heteroatoms. The monoisotopic (exact) mass is 209 g/mol. The van der Waals surface area contributed by atoms with Crippen LogP contribution in [0.5, 0.6) is 0 Å². The van der Waals surface area contributed by atoms with Crippen molar-refractivity contribution < 1.29 is 0 Å². The molecular formula is C12H23N3. The van der Waals surface area contributed by atoms with Crippen LogP contribution in [0.1, 0.15) is 25.7 Å². The quantitative estimate of drug-likeness (QED) is 0.622. The first kappa shape index (κ1) is 12.5. The Balaban J connectivity index is 2.03. The van der Waals surface area contributed by atoms with Gasteiger partial charge in [-0.3, -0.25) is 0 Å². The predicted molar refractivity (Wildman–Crippen MR) is 62.6 cm³/mol. The van der Waals surface area contributed by atoms with E-state index in [1.54, 1.807) is 0 Å². The van der Waals surface area contributed by atoms with Crippen molar-refractivity contribution in [3.05, 3.63) is 0 Å². The average Bonchev–Trinajstić information content (AvgIpc) is 2.59. The van der Waals surface area contributed by atoms with Gasteiger partial charge in [-0.15, -0.1) is 0 Å². The molecular weight excluding hydrogens is 186 g/mol. The second-order valence-corrected chi connectivity index (χ2v) is 4.79. The smallest absolute Gasteiger partial charge is 0.0621 e. The fourth-order valence-electron chi connectivity index (χ4n) is 2.29. The van der Waals surface area contributed by atoms with Crippen LogP contribution in [-0.2, 0) is 0 Å². The summed E-state index contributed by atoms with van der Waals surface area (Å²) < 4.78 is 0. The summed E-state index contributed by atoms with van der Waals surface area (Å²) in [5, 5.41) is 8.42. The van der Waals surface area contributed by atoms with Crippen molar-refractivity contribution in [2.75, 3.05) is 40.3 Å². The SMILES string of the molecule is CN(CCCCC#N)CC1CCN(C)C1. The van der Waals surface area contributed by atoms with E-state index in [4.69, 9.17) is 5.26 Å². The van der Waals surface area contributed by atoms with E-state index < -0.39 is 0 Å². The number of nitrogens with zero attached hydrogens (tertiary/aromatic N) is 3. The fraction of sp³-hybridized carbons (Fsp3) is 0.917. The molecule has 0 aliphatic carbocycles. The lowest BCUT2D eigenvalue weighted by Crippen LogP contribution is -2.28. The third-order valence-electron chi connectivity index (χ3n) is 3.14. The molecule has 0 spiro atoms. The molecule has 0 bridgehead atoms. The van der Waals surface area contributed by atoms with E-state index in [2.05, 4.69) is 30.0 Å². The summed E-state index contributed by atoms with van der Waals surface area (Å²) in [4.78, 5) is 4.83. The summed E-state index contributed by atoms with van der Waals surface area (Å²) in [6.07, 6.45) is 4.26. The number of rotatable bonds is 6. The molecule has 0 aromatic rings. The van der Waals surface area contributed by atoms with Gasteiger partial charge in [0.05, 0.1) is 6.07 Å². The highest BCUT2D eigenvalue weighted by Crippen LogP contribution is 2.15. The Morgan fingerprint density at radius 2 is 2.27 bits per heavy atom. The summed E-state index contributed by atoms with van der Waals surface area (Å²) in [5.74, 6) is 0.857. The number of hydrogen-bond donors (Lipinski definition) is 0. The Morgan fingerprint density at radius 3 is 2.87 bits per heavy atom. The highest BCUT2D eigenvalue weighted by Gasteiger charge is 2.20. The Labute approximate surface area is 93.7 Å². The van der Waals surface area contributed by atoms with Crippen molar-refractivity contribution in [3.63, 3.8) is 0 Å². The van der Waals surface area contributed by atoms with Gasteiger partial charge in [-0.05, 0) is 52.4 Å². The zero-order valence-corrected chi connectivity index (χ0v) is 10.1. The zero-order chi connectivity index (χ0) is 11.1. The normalized spacial score (nSPS) is 22.1. The van der Waals surface area contributed by atoms with Gasteiger partial charge in [0.1, 0.15) is 0 Å². The van der Waals surface area contributed by atoms with Gasteiger partial charge < -0.3 is 9.80 Å². The van der Waals surface area contributed by atoms with Crippen molar-refractivity contribution in [2.45, 2.75) is 25.7 Å². The van der Waals surface area contributed by atoms with Crippen LogP contribution in [0, 0.1) is 17.2 Å². The van der Waals surface area contributed by atoms with Gasteiger partial charge in [-0.1, -0.05) is 0 Å². The standard InChI is InChI=1S/C12H23N3/c1-14(8-5-3-4-7-13)10-12-6-9-15(2)11-12/h12H,3-6,8-11H2,1-2H3. The van der Waals surface area contributed by atoms with E-state index in [1.165, 1.54) is 26.1 Å². The first-order valence-corrected chi connectivity index (χ1v) is 5.96. The molecule has 1 aliphatic heterocycles. The van der Waals surface area contributed by atoms with Crippen LogP contribution >= 0.6 is 0 Å². The Bertz CT molecular complexity index is 209. The van der Waals surface area contributed by atoms with E-state index in [0.29, 0.717) is 6.42 Å². The molecule has 0 amide bonds. The predicted octanol–water partition coefficient (Wildman–Crippen LogP) is 1.56. The summed E-state index contributed by atoms with van der Waals surface area (Å²) in [6.45, 7) is 4.87. The number of hydrogen-bond acceptors (Lipinski definition) is 3. The highest BCUT2D eigenvalue weighted by molar-refractivity contribution is 4.75. The number of nitriles is 1. The Morgan fingerprint density at radius 1 is 1.47 bits per heavy atom. The topological polar surface area (TPSA) is 30.3 Å². The minimum Gasteiger partial charge on any atom is -0.306 e. The van der Waals surface area contributed by atoms with Crippen molar-refractivity contribution >= 4 is 0 Å². The average molecular weight is 209 g/mol. The molecule has 0 radical (unpaired) electrons. The van der Waals surface area contributed by atoms with Crippen molar-refractivity contribution in [3.8, 4) is 6.07 Å². The molecule has 3 nitrogen and oxygen atoms in total. The second kappa shape index (κ2) is 6.81. The van der Waals surface area contributed by atoms with Gasteiger partial charge in [0.2, 0.25) is 0 Å². The van der Waals surface area contributed by atoms with Gasteiger partial charge >= 0.3 is 0 Å². The van der Waals surface area contributed by atoms with Gasteiger partial charge in [0.25, 0.3) is 0 Å². The van der Waals surface area contributed by atoms with Gasteiger partial charge in [0, 0.05) is 19.5 Å². The molecule has 0 N–H and O–H groups in total. The molecule has 1 atom stereocenters. The molecule has 1 unspecified atom stereocenters. The van der Waals surface area contributed by atoms with Crippen molar-refractivity contribution in [2.24, 2.45) is 5.92 Å². The van der Waals surface area contributed by atoms with Crippen LogP contribution in [0.4, 0.5) is 0 Å². The maximum absolute atomic E-state index is 8.42. The molecule has 1 aliphatic rings. The summed E-state index contributed by atoms with van der Waals surface area (Å²) >= 11 is 0. The second-order valence-electron chi connectivity index (χ2n) is 4.79. The number of likely N-dealkylation sites (tertiary alicyclic amines) is 1. The van der Waals surface area contributed by atoms with Crippen molar-refractivity contribution in [1.29, 1.82) is 5.26 Å². The lowest BCUT2D eigenvalue weighted by molar-refractivity contribution is 0.269. The van der Waals surface area contributed by atoms with Gasteiger partial charge in [0.15, 0.2) is 0 Å². The van der Waals surface area contributed by atoms with Crippen LogP contribution in [0.3, 0.4) is 0 Å². The van der Waals surface area contributed by atoms with Gasteiger partial charge in [-0.2, -0.15) is 5.26 Å². The first-order chi connectivity index (χ1) is 7.22. The maximum atomic E-state index is 8.42. The van der Waals surface area contributed by atoms with E-state index in [0.717, 1.165) is 25.3 Å². The Hall–Kier alpha value is -0.590. The molecule has 1 saturated heterocycles. The molecule has 1 rings (SSSR count). The van der Waals surface area contributed by atoms with E-state index in [-0.39, 0.29) is 0 Å². The highest BCUT2D eigenvalue weighted by atomic mass is 15.1. The minimum atomic E-state index is 0.708. The maximum Gasteiger partial charge on any atom is 0.0621 e. The number of unbranched alkanes of at least 4 members (excludes halogenated alkanes) is 2. The summed E-state index contributed by atoms with van der Waals surface area (Å²) in [5.41, 5.74) is 0. The molecule has 0 aromatic carbocycles. The lowest BCUT2D eigenvalue weighted by Gasteiger charge is -2.20. The van der Waals surface area contributed by atoms with Gasteiger partial charge in [-0.25, -0.2) is 0 Å². The van der Waals surface area contributed by atoms with Crippen LogP contribution < -0.4 is 0 Å². The summed E-state index contributed by atoms with van der Waals surface area (Å²) in [6, 6.07) is 2.20. The van der Waals surface area contributed by atoms with Crippen LogP contribution in [0.2, 0.25) is 0 Å². The molecule has 15 heavy (non-hydrogen) atoms. The molecule has 1 fully saturated rings. The third kappa shape index (κ3) is 5.15. The fourth-order valence-corrected chi connectivity index (χ4v) is 2.29. The molecule has 86 valence electrons. The molecule has 0 aromatic heterocycles. The Kier molecular flexibility index (Phi) is 5.67. The molecule has 1 heterocycles. The third-order valence-corrected chi connectivity index (χ3v) is 3.14. The lowest BCUT2D eigenvalue weighted by atomic mass is 10.1. The van der Waals surface area contributed by atoms with Crippen LogP contribution in [0.25, 0.3) is 0 Å². The van der Waals surface area contributed by atoms with E-state index in [1.807, 2.05) is 0 Å². The summed E-state index contributed by atoms with van der Waals surface area (Å²) in [7, 11) is 4.40. The van der Waals surface area contributed by atoms with E-state index in [9.17, 15) is 0 Å². The minimum absolute atomic E-state index is 0.708.